The van der Waals surface area contributed by atoms with Crippen LogP contribution in [0.15, 0.2) is 151 Å². The van der Waals surface area contributed by atoms with Crippen molar-refractivity contribution < 1.29 is 9.84 Å². The number of aliphatic hydroxyl groups excluding tert-OH is 1. The lowest BCUT2D eigenvalue weighted by molar-refractivity contribution is 0.199. The Morgan fingerprint density at radius 2 is 1.18 bits per heavy atom. The van der Waals surface area contributed by atoms with E-state index in [0.29, 0.717) is 6.61 Å². The van der Waals surface area contributed by atoms with Crippen LogP contribution in [0.2, 0.25) is 0 Å². The van der Waals surface area contributed by atoms with Gasteiger partial charge < -0.3 is 14.7 Å². The van der Waals surface area contributed by atoms with Gasteiger partial charge in [0.05, 0.1) is 18.1 Å². The van der Waals surface area contributed by atoms with E-state index in [4.69, 9.17) is 4.74 Å². The zero-order valence-corrected chi connectivity index (χ0v) is 24.7. The van der Waals surface area contributed by atoms with Crippen LogP contribution in [0.1, 0.15) is 23.6 Å². The molecule has 0 bridgehead atoms. The normalized spacial score (nSPS) is 11.7. The Labute approximate surface area is 257 Å². The Hall–Kier alpha value is -5.38. The third-order valence-electron chi connectivity index (χ3n) is 8.21. The minimum absolute atomic E-state index is 0.0157. The van der Waals surface area contributed by atoms with Gasteiger partial charge in [-0.2, -0.15) is 0 Å². The molecular formula is C41H33NO2. The zero-order valence-electron chi connectivity index (χ0n) is 24.7. The molecule has 0 aliphatic carbocycles. The molecule has 0 amide bonds. The van der Waals surface area contributed by atoms with Crippen molar-refractivity contribution in [2.24, 2.45) is 0 Å². The fourth-order valence-corrected chi connectivity index (χ4v) is 5.95. The van der Waals surface area contributed by atoms with Crippen LogP contribution >= 0.6 is 0 Å². The molecule has 1 N–H and O–H groups in total. The standard InChI is InChI=1S/C41H33NO2/c1-29(44-28-37-25-34-12-5-4-11-33(34)24-36(37)27-43)23-30-17-20-38(21-18-30)42(39-22-19-31-9-2-3-13-35(31)26-39)41-16-8-14-32-10-6-7-15-40(32)41/h2-26,43H,27-28H2,1H3. The van der Waals surface area contributed by atoms with E-state index in [1.807, 2.05) is 25.1 Å². The largest absolute Gasteiger partial charge is 0.494 e. The SMILES string of the molecule is CC(=Cc1ccc(N(c2ccc3ccccc3c2)c2cccc3ccccc23)cc1)OCc1cc2ccccc2cc1CO. The molecule has 0 spiro atoms. The highest BCUT2D eigenvalue weighted by Crippen LogP contribution is 2.40. The number of nitrogens with zero attached hydrogens (tertiary/aromatic N) is 1. The number of aliphatic hydroxyl groups is 1. The molecule has 0 saturated heterocycles. The summed E-state index contributed by atoms with van der Waals surface area (Å²) in [6, 6.07) is 51.1. The summed E-state index contributed by atoms with van der Waals surface area (Å²) < 4.78 is 6.17. The van der Waals surface area contributed by atoms with Crippen LogP contribution in [0.3, 0.4) is 0 Å². The maximum atomic E-state index is 9.95. The lowest BCUT2D eigenvalue weighted by Gasteiger charge is -2.27. The van der Waals surface area contributed by atoms with Gasteiger partial charge in [-0.3, -0.25) is 0 Å². The maximum Gasteiger partial charge on any atom is 0.113 e. The first-order chi connectivity index (χ1) is 21.7. The molecule has 0 heterocycles. The Kier molecular flexibility index (Phi) is 7.54. The molecule has 0 fully saturated rings. The summed E-state index contributed by atoms with van der Waals surface area (Å²) >= 11 is 0. The van der Waals surface area contributed by atoms with Crippen LogP contribution in [-0.4, -0.2) is 5.11 Å². The monoisotopic (exact) mass is 571 g/mol. The van der Waals surface area contributed by atoms with Gasteiger partial charge in [0.2, 0.25) is 0 Å². The van der Waals surface area contributed by atoms with Crippen LogP contribution < -0.4 is 4.90 Å². The van der Waals surface area contributed by atoms with E-state index in [0.717, 1.165) is 50.3 Å². The van der Waals surface area contributed by atoms with Crippen LogP contribution in [0.25, 0.3) is 38.4 Å². The molecule has 3 heteroatoms. The smallest absolute Gasteiger partial charge is 0.113 e. The molecular weight excluding hydrogens is 538 g/mol. The maximum absolute atomic E-state index is 9.95. The second-order valence-electron chi connectivity index (χ2n) is 11.1. The van der Waals surface area contributed by atoms with Crippen molar-refractivity contribution in [3.63, 3.8) is 0 Å². The van der Waals surface area contributed by atoms with Gasteiger partial charge in [-0.1, -0.05) is 103 Å². The summed E-state index contributed by atoms with van der Waals surface area (Å²) in [6.07, 6.45) is 2.06. The number of anilines is 3. The lowest BCUT2D eigenvalue weighted by Crippen LogP contribution is -2.10. The first-order valence-electron chi connectivity index (χ1n) is 15.0. The molecule has 0 radical (unpaired) electrons. The zero-order chi connectivity index (χ0) is 29.9. The average molecular weight is 572 g/mol. The van der Waals surface area contributed by atoms with E-state index in [1.165, 1.54) is 21.5 Å². The van der Waals surface area contributed by atoms with E-state index < -0.39 is 0 Å². The Balaban J connectivity index is 1.19. The van der Waals surface area contributed by atoms with Gasteiger partial charge in [0.1, 0.15) is 6.61 Å². The van der Waals surface area contributed by atoms with Gasteiger partial charge >= 0.3 is 0 Å². The first-order valence-corrected chi connectivity index (χ1v) is 15.0. The molecule has 0 atom stereocenters. The van der Waals surface area contributed by atoms with Crippen molar-refractivity contribution in [2.45, 2.75) is 20.1 Å². The third-order valence-corrected chi connectivity index (χ3v) is 8.21. The molecule has 7 rings (SSSR count). The van der Waals surface area contributed by atoms with E-state index in [1.54, 1.807) is 0 Å². The number of benzene rings is 7. The number of fused-ring (bicyclic) bond motifs is 3. The molecule has 0 aliphatic heterocycles. The summed E-state index contributed by atoms with van der Waals surface area (Å²) in [5, 5.41) is 17.0. The van der Waals surface area contributed by atoms with Crippen LogP contribution in [0.4, 0.5) is 17.1 Å². The molecule has 7 aromatic rings. The van der Waals surface area contributed by atoms with E-state index in [9.17, 15) is 5.11 Å². The fourth-order valence-electron chi connectivity index (χ4n) is 5.95. The molecule has 7 aromatic carbocycles. The Bertz CT molecular complexity index is 2120. The van der Waals surface area contributed by atoms with E-state index in [2.05, 4.69) is 138 Å². The van der Waals surface area contributed by atoms with Gasteiger partial charge in [0.25, 0.3) is 0 Å². The van der Waals surface area contributed by atoms with Crippen LogP contribution in [0, 0.1) is 0 Å². The van der Waals surface area contributed by atoms with Crippen molar-refractivity contribution in [1.29, 1.82) is 0 Å². The lowest BCUT2D eigenvalue weighted by atomic mass is 10.0. The highest BCUT2D eigenvalue weighted by molar-refractivity contribution is 6.00. The average Bonchev–Trinajstić information content (AvgIpc) is 3.08. The van der Waals surface area contributed by atoms with E-state index in [-0.39, 0.29) is 6.61 Å². The van der Waals surface area contributed by atoms with Gasteiger partial charge in [-0.15, -0.1) is 0 Å². The topological polar surface area (TPSA) is 32.7 Å². The fraction of sp³-hybridized carbons (Fsp3) is 0.0732. The summed E-state index contributed by atoms with van der Waals surface area (Å²) in [7, 11) is 0. The first kappa shape index (κ1) is 27.5. The van der Waals surface area contributed by atoms with Crippen LogP contribution in [0.5, 0.6) is 0 Å². The minimum atomic E-state index is -0.0157. The van der Waals surface area contributed by atoms with Crippen molar-refractivity contribution in [3.8, 4) is 0 Å². The Morgan fingerprint density at radius 1 is 0.591 bits per heavy atom. The van der Waals surface area contributed by atoms with Crippen molar-refractivity contribution in [3.05, 3.63) is 168 Å². The number of hydrogen-bond donors (Lipinski definition) is 1. The second-order valence-corrected chi connectivity index (χ2v) is 11.1. The molecule has 3 nitrogen and oxygen atoms in total. The number of hydrogen-bond acceptors (Lipinski definition) is 3. The summed E-state index contributed by atoms with van der Waals surface area (Å²) in [5.74, 6) is 0.815. The molecule has 0 saturated carbocycles. The number of ether oxygens (including phenoxy) is 1. The molecule has 214 valence electrons. The van der Waals surface area contributed by atoms with Crippen molar-refractivity contribution >= 4 is 55.5 Å². The predicted molar refractivity (Wildman–Crippen MR) is 184 cm³/mol. The van der Waals surface area contributed by atoms with Gasteiger partial charge in [0, 0.05) is 16.8 Å². The number of allylic oxidation sites excluding steroid dienone is 1. The van der Waals surface area contributed by atoms with Gasteiger partial charge in [0.15, 0.2) is 0 Å². The molecule has 44 heavy (non-hydrogen) atoms. The Morgan fingerprint density at radius 3 is 1.91 bits per heavy atom. The second kappa shape index (κ2) is 12.1. The third kappa shape index (κ3) is 5.54. The number of rotatable bonds is 8. The van der Waals surface area contributed by atoms with Gasteiger partial charge in [-0.25, -0.2) is 0 Å². The highest BCUT2D eigenvalue weighted by Gasteiger charge is 2.16. The highest BCUT2D eigenvalue weighted by atomic mass is 16.5. The van der Waals surface area contributed by atoms with E-state index >= 15 is 0 Å². The predicted octanol–water partition coefficient (Wildman–Crippen LogP) is 10.7. The summed E-state index contributed by atoms with van der Waals surface area (Å²) in [4.78, 5) is 2.34. The van der Waals surface area contributed by atoms with Crippen molar-refractivity contribution in [2.75, 3.05) is 4.90 Å². The molecule has 0 aromatic heterocycles. The van der Waals surface area contributed by atoms with Crippen LogP contribution in [-0.2, 0) is 18.0 Å². The van der Waals surface area contributed by atoms with Crippen molar-refractivity contribution in [1.82, 2.24) is 0 Å². The summed E-state index contributed by atoms with van der Waals surface area (Å²) in [6.45, 7) is 2.36. The van der Waals surface area contributed by atoms with Gasteiger partial charge in [-0.05, 0) is 99.1 Å². The summed E-state index contributed by atoms with van der Waals surface area (Å²) in [5.41, 5.74) is 6.27. The quantitative estimate of drug-likeness (QED) is 0.184. The molecule has 0 unspecified atom stereocenters. The minimum Gasteiger partial charge on any atom is -0.494 e. The molecule has 0 aliphatic rings.